The van der Waals surface area contributed by atoms with Gasteiger partial charge in [-0.2, -0.15) is 13.2 Å². The van der Waals surface area contributed by atoms with Crippen LogP contribution in [0.4, 0.5) is 18.9 Å². The fourth-order valence-corrected chi connectivity index (χ4v) is 3.61. The highest BCUT2D eigenvalue weighted by molar-refractivity contribution is 5.93. The Kier molecular flexibility index (Phi) is 7.62. The summed E-state index contributed by atoms with van der Waals surface area (Å²) in [6.45, 7) is 10.2. The van der Waals surface area contributed by atoms with E-state index in [1.807, 2.05) is 11.8 Å². The minimum absolute atomic E-state index is 0.0535. The normalized spacial score (nSPS) is 16.2. The van der Waals surface area contributed by atoms with Crippen LogP contribution in [-0.2, 0) is 20.5 Å². The molecule has 0 aliphatic carbocycles. The molecule has 31 heavy (non-hydrogen) atoms. The number of benzene rings is 1. The Bertz CT molecular complexity index is 810. The van der Waals surface area contributed by atoms with Gasteiger partial charge in [-0.05, 0) is 65.2 Å². The van der Waals surface area contributed by atoms with E-state index < -0.39 is 23.1 Å². The molecule has 9 heteroatoms. The summed E-state index contributed by atoms with van der Waals surface area (Å²) in [6.07, 6.45) is -3.38. The predicted molar refractivity (Wildman–Crippen MR) is 111 cm³/mol. The van der Waals surface area contributed by atoms with Gasteiger partial charge in [0.2, 0.25) is 0 Å². The van der Waals surface area contributed by atoms with Crippen LogP contribution >= 0.6 is 0 Å². The number of hydrogen-bond acceptors (Lipinski definition) is 6. The van der Waals surface area contributed by atoms with Gasteiger partial charge in [0.15, 0.2) is 0 Å². The smallest absolute Gasteiger partial charge is 0.416 e. The number of ether oxygens (including phenoxy) is 1. The number of carbonyl (C=O) groups excluding carboxylic acids is 2. The van der Waals surface area contributed by atoms with E-state index in [1.54, 1.807) is 32.8 Å². The largest absolute Gasteiger partial charge is 0.465 e. The standard InChI is InChI=1S/C22H31F3N2O4/c1-7-27(16-8-10-26(11-9-16)31-20(29)21(3,4)5)18-13-15(22(23,24)25)12-17(14(18)2)19(28)30-6/h12-13,16H,7-11H2,1-6H3. The zero-order chi connectivity index (χ0) is 23.6. The second kappa shape index (κ2) is 9.46. The summed E-state index contributed by atoms with van der Waals surface area (Å²) >= 11 is 0. The molecule has 1 heterocycles. The summed E-state index contributed by atoms with van der Waals surface area (Å²) < 4.78 is 45.2. The summed E-state index contributed by atoms with van der Waals surface area (Å²) in [4.78, 5) is 31.6. The van der Waals surface area contributed by atoms with Crippen LogP contribution in [-0.4, -0.2) is 49.8 Å². The van der Waals surface area contributed by atoms with Crippen molar-refractivity contribution in [2.75, 3.05) is 31.6 Å². The lowest BCUT2D eigenvalue weighted by Gasteiger charge is -2.40. The molecule has 1 saturated heterocycles. The van der Waals surface area contributed by atoms with Gasteiger partial charge in [0.25, 0.3) is 0 Å². The van der Waals surface area contributed by atoms with Crippen LogP contribution < -0.4 is 4.90 Å². The van der Waals surface area contributed by atoms with Crippen LogP contribution in [0.1, 0.15) is 62.0 Å². The molecule has 0 atom stereocenters. The zero-order valence-corrected chi connectivity index (χ0v) is 18.9. The molecular formula is C22H31F3N2O4. The maximum absolute atomic E-state index is 13.5. The van der Waals surface area contributed by atoms with Crippen molar-refractivity contribution in [2.45, 2.75) is 59.7 Å². The second-order valence-corrected chi connectivity index (χ2v) is 8.73. The van der Waals surface area contributed by atoms with Crippen molar-refractivity contribution in [3.8, 4) is 0 Å². The van der Waals surface area contributed by atoms with Crippen LogP contribution in [0.2, 0.25) is 0 Å². The molecule has 1 aliphatic heterocycles. The first kappa shape index (κ1) is 25.0. The lowest BCUT2D eigenvalue weighted by Crippen LogP contribution is -2.46. The van der Waals surface area contributed by atoms with Crippen LogP contribution in [0.15, 0.2) is 12.1 Å². The molecule has 0 spiro atoms. The monoisotopic (exact) mass is 444 g/mol. The summed E-state index contributed by atoms with van der Waals surface area (Å²) in [5.41, 5.74) is -0.789. The number of methoxy groups -OCH3 is 1. The number of carbonyl (C=O) groups is 2. The maximum atomic E-state index is 13.5. The third-order valence-corrected chi connectivity index (χ3v) is 5.45. The van der Waals surface area contributed by atoms with Crippen LogP contribution in [0.5, 0.6) is 0 Å². The number of hydrogen-bond donors (Lipinski definition) is 0. The number of rotatable bonds is 5. The number of alkyl halides is 3. The Balaban J connectivity index is 2.28. The topological polar surface area (TPSA) is 59.1 Å². The Morgan fingerprint density at radius 1 is 1.16 bits per heavy atom. The van der Waals surface area contributed by atoms with Gasteiger partial charge in [0.05, 0.1) is 23.7 Å². The van der Waals surface area contributed by atoms with Crippen LogP contribution in [0, 0.1) is 12.3 Å². The number of esters is 1. The van der Waals surface area contributed by atoms with Gasteiger partial charge >= 0.3 is 18.1 Å². The van der Waals surface area contributed by atoms with Gasteiger partial charge in [-0.3, -0.25) is 0 Å². The average molecular weight is 444 g/mol. The summed E-state index contributed by atoms with van der Waals surface area (Å²) in [5, 5.41) is 1.61. The molecule has 0 radical (unpaired) electrons. The van der Waals surface area contributed by atoms with Gasteiger partial charge in [0, 0.05) is 31.4 Å². The minimum Gasteiger partial charge on any atom is -0.465 e. The first-order chi connectivity index (χ1) is 14.3. The molecule has 1 aliphatic rings. The van der Waals surface area contributed by atoms with E-state index in [-0.39, 0.29) is 17.6 Å². The lowest BCUT2D eigenvalue weighted by atomic mass is 9.97. The number of anilines is 1. The van der Waals surface area contributed by atoms with Crippen molar-refractivity contribution in [3.63, 3.8) is 0 Å². The Morgan fingerprint density at radius 3 is 2.19 bits per heavy atom. The average Bonchev–Trinajstić information content (AvgIpc) is 2.68. The first-order valence-electron chi connectivity index (χ1n) is 10.3. The van der Waals surface area contributed by atoms with E-state index in [4.69, 9.17) is 9.57 Å². The third kappa shape index (κ3) is 5.90. The molecule has 0 saturated carbocycles. The van der Waals surface area contributed by atoms with Gasteiger partial charge in [-0.25, -0.2) is 9.59 Å². The van der Waals surface area contributed by atoms with E-state index in [0.717, 1.165) is 19.2 Å². The summed E-state index contributed by atoms with van der Waals surface area (Å²) in [6, 6.07) is 1.88. The van der Waals surface area contributed by atoms with Crippen molar-refractivity contribution in [1.82, 2.24) is 5.06 Å². The van der Waals surface area contributed by atoms with Crippen molar-refractivity contribution < 1.29 is 32.3 Å². The van der Waals surface area contributed by atoms with E-state index in [0.29, 0.717) is 43.7 Å². The van der Waals surface area contributed by atoms with Crippen LogP contribution in [0.3, 0.4) is 0 Å². The highest BCUT2D eigenvalue weighted by atomic mass is 19.4. The SMILES string of the molecule is CCN(c1cc(C(F)(F)F)cc(C(=O)OC)c1C)C1CCN(OC(=O)C(C)(C)C)CC1. The molecule has 6 nitrogen and oxygen atoms in total. The van der Waals surface area contributed by atoms with Gasteiger partial charge in [-0.1, -0.05) is 0 Å². The number of hydroxylamine groups is 2. The highest BCUT2D eigenvalue weighted by Gasteiger charge is 2.35. The molecule has 1 aromatic rings. The molecular weight excluding hydrogens is 413 g/mol. The third-order valence-electron chi connectivity index (χ3n) is 5.45. The quantitative estimate of drug-likeness (QED) is 0.619. The zero-order valence-electron chi connectivity index (χ0n) is 18.9. The fourth-order valence-electron chi connectivity index (χ4n) is 3.61. The molecule has 1 fully saturated rings. The van der Waals surface area contributed by atoms with Gasteiger partial charge < -0.3 is 14.5 Å². The van der Waals surface area contributed by atoms with Crippen molar-refractivity contribution >= 4 is 17.6 Å². The van der Waals surface area contributed by atoms with Gasteiger partial charge in [0.1, 0.15) is 0 Å². The molecule has 0 amide bonds. The van der Waals surface area contributed by atoms with E-state index in [1.165, 1.54) is 0 Å². The molecule has 0 bridgehead atoms. The molecule has 1 aromatic carbocycles. The van der Waals surface area contributed by atoms with E-state index in [2.05, 4.69) is 0 Å². The second-order valence-electron chi connectivity index (χ2n) is 8.73. The highest BCUT2D eigenvalue weighted by Crippen LogP contribution is 2.37. The molecule has 2 rings (SSSR count). The van der Waals surface area contributed by atoms with Crippen molar-refractivity contribution in [1.29, 1.82) is 0 Å². The Morgan fingerprint density at radius 2 is 1.74 bits per heavy atom. The van der Waals surface area contributed by atoms with Crippen molar-refractivity contribution in [2.24, 2.45) is 5.41 Å². The Hall–Kier alpha value is -2.29. The predicted octanol–water partition coefficient (Wildman–Crippen LogP) is 4.60. The molecule has 0 unspecified atom stereocenters. The van der Waals surface area contributed by atoms with Crippen LogP contribution in [0.25, 0.3) is 0 Å². The summed E-state index contributed by atoms with van der Waals surface area (Å²) in [5.74, 6) is -1.13. The number of halogens is 3. The first-order valence-corrected chi connectivity index (χ1v) is 10.3. The number of nitrogens with zero attached hydrogens (tertiary/aromatic N) is 2. The number of piperidine rings is 1. The fraction of sp³-hybridized carbons (Fsp3) is 0.636. The molecule has 0 N–H and O–H groups in total. The van der Waals surface area contributed by atoms with Gasteiger partial charge in [-0.15, -0.1) is 5.06 Å². The molecule has 174 valence electrons. The lowest BCUT2D eigenvalue weighted by molar-refractivity contribution is -0.204. The Labute approximate surface area is 181 Å². The molecule has 0 aromatic heterocycles. The van der Waals surface area contributed by atoms with Crippen molar-refractivity contribution in [3.05, 3.63) is 28.8 Å². The summed E-state index contributed by atoms with van der Waals surface area (Å²) in [7, 11) is 1.15. The minimum atomic E-state index is -4.59. The van der Waals surface area contributed by atoms with E-state index in [9.17, 15) is 22.8 Å². The van der Waals surface area contributed by atoms with E-state index >= 15 is 0 Å². The maximum Gasteiger partial charge on any atom is 0.416 e.